The quantitative estimate of drug-likeness (QED) is 0.164. The minimum atomic E-state index is -0.853. The van der Waals surface area contributed by atoms with Gasteiger partial charge in [-0.2, -0.15) is 0 Å². The van der Waals surface area contributed by atoms with Crippen LogP contribution in [0.2, 0.25) is 0 Å². The molecule has 0 unspecified atom stereocenters. The monoisotopic (exact) mass is 524 g/mol. The van der Waals surface area contributed by atoms with Crippen molar-refractivity contribution in [3.63, 3.8) is 0 Å². The van der Waals surface area contributed by atoms with E-state index in [0.29, 0.717) is 28.4 Å². The highest BCUT2D eigenvalue weighted by molar-refractivity contribution is 6.13. The maximum absolute atomic E-state index is 13.5. The number of carbonyl (C=O) groups is 2. The molecule has 0 amide bonds. The van der Waals surface area contributed by atoms with Crippen LogP contribution in [0, 0.1) is 0 Å². The third kappa shape index (κ3) is 3.90. The highest BCUT2D eigenvalue weighted by atomic mass is 16.3. The summed E-state index contributed by atoms with van der Waals surface area (Å²) in [6, 6.07) is 12.9. The molecular formula is C26H16N6O7. The van der Waals surface area contributed by atoms with Crippen LogP contribution >= 0.6 is 0 Å². The van der Waals surface area contributed by atoms with Gasteiger partial charge in [-0.1, -0.05) is 0 Å². The summed E-state index contributed by atoms with van der Waals surface area (Å²) in [7, 11) is 0. The summed E-state index contributed by atoms with van der Waals surface area (Å²) in [5.41, 5.74) is 0.795. The SMILES string of the molecule is O=Cc1cc(O)c(C(=O)c2cc(-n3nc4ccc(O)cc4n3)c(O)cc2O)cc1-n1nc2ccc(O)cc2n1. The van der Waals surface area contributed by atoms with E-state index in [9.17, 15) is 35.1 Å². The maximum Gasteiger partial charge on any atom is 0.200 e. The third-order valence-electron chi connectivity index (χ3n) is 6.01. The first-order chi connectivity index (χ1) is 18.7. The summed E-state index contributed by atoms with van der Waals surface area (Å²) in [6.07, 6.45) is 0.455. The van der Waals surface area contributed by atoms with E-state index in [2.05, 4.69) is 20.4 Å². The van der Waals surface area contributed by atoms with Crippen LogP contribution in [0.25, 0.3) is 33.4 Å². The molecule has 0 saturated carbocycles. The molecule has 0 bridgehead atoms. The second-order valence-corrected chi connectivity index (χ2v) is 8.56. The van der Waals surface area contributed by atoms with Crippen LogP contribution in [0.3, 0.4) is 0 Å². The van der Waals surface area contributed by atoms with Crippen molar-refractivity contribution in [3.8, 4) is 40.1 Å². The summed E-state index contributed by atoms with van der Waals surface area (Å²) in [6.45, 7) is 0. The molecule has 2 heterocycles. The molecule has 0 atom stereocenters. The number of rotatable bonds is 5. The lowest BCUT2D eigenvalue weighted by Gasteiger charge is -2.12. The van der Waals surface area contributed by atoms with Crippen LogP contribution in [0.15, 0.2) is 60.7 Å². The Morgan fingerprint density at radius 3 is 1.64 bits per heavy atom. The van der Waals surface area contributed by atoms with E-state index in [1.54, 1.807) is 0 Å². The number of phenolic OH excluding ortho intramolecular Hbond substituents is 5. The zero-order chi connectivity index (χ0) is 27.4. The Labute approximate surface area is 217 Å². The summed E-state index contributed by atoms with van der Waals surface area (Å²) in [5.74, 6) is -2.51. The van der Waals surface area contributed by atoms with Gasteiger partial charge in [0.05, 0.1) is 16.8 Å². The van der Waals surface area contributed by atoms with Gasteiger partial charge >= 0.3 is 0 Å². The van der Waals surface area contributed by atoms with E-state index in [0.717, 1.165) is 27.8 Å². The van der Waals surface area contributed by atoms with Gasteiger partial charge in [-0.25, -0.2) is 0 Å². The van der Waals surface area contributed by atoms with Crippen molar-refractivity contribution in [1.82, 2.24) is 30.0 Å². The molecule has 6 aromatic rings. The summed E-state index contributed by atoms with van der Waals surface area (Å²) >= 11 is 0. The molecule has 4 aromatic carbocycles. The topological polar surface area (TPSA) is 197 Å². The molecule has 2 aromatic heterocycles. The molecule has 192 valence electrons. The Hall–Kier alpha value is -5.98. The number of nitrogens with zero attached hydrogens (tertiary/aromatic N) is 6. The summed E-state index contributed by atoms with van der Waals surface area (Å²) < 4.78 is 0. The van der Waals surface area contributed by atoms with Gasteiger partial charge in [-0.15, -0.1) is 30.0 Å². The Morgan fingerprint density at radius 1 is 0.590 bits per heavy atom. The fourth-order valence-corrected chi connectivity index (χ4v) is 4.12. The Balaban J connectivity index is 1.47. The molecule has 39 heavy (non-hydrogen) atoms. The zero-order valence-corrected chi connectivity index (χ0v) is 19.6. The standard InChI is InChI=1S/C26H16N6O7/c33-11-12-5-23(36)15(8-21(12)31-27-17-3-1-13(34)6-19(17)29-31)26(39)16-9-22(25(38)10-24(16)37)32-28-18-4-2-14(35)7-20(18)30-32/h1-11,34-38H. The molecule has 13 nitrogen and oxygen atoms in total. The number of aromatic nitrogens is 6. The molecule has 0 saturated heterocycles. The Bertz CT molecular complexity index is 1980. The van der Waals surface area contributed by atoms with Crippen LogP contribution in [-0.4, -0.2) is 67.6 Å². The maximum atomic E-state index is 13.5. The number of benzene rings is 4. The van der Waals surface area contributed by atoms with Crippen molar-refractivity contribution < 1.29 is 35.1 Å². The van der Waals surface area contributed by atoms with Gasteiger partial charge in [0.1, 0.15) is 56.5 Å². The van der Waals surface area contributed by atoms with Gasteiger partial charge < -0.3 is 25.5 Å². The highest BCUT2D eigenvalue weighted by Crippen LogP contribution is 2.34. The fourth-order valence-electron chi connectivity index (χ4n) is 4.12. The smallest absolute Gasteiger partial charge is 0.200 e. The van der Waals surface area contributed by atoms with Gasteiger partial charge in [0.15, 0.2) is 6.29 Å². The van der Waals surface area contributed by atoms with Gasteiger partial charge in [-0.3, -0.25) is 9.59 Å². The van der Waals surface area contributed by atoms with E-state index in [-0.39, 0.29) is 39.6 Å². The highest BCUT2D eigenvalue weighted by Gasteiger charge is 2.24. The number of aldehydes is 1. The molecule has 5 N–H and O–H groups in total. The van der Waals surface area contributed by atoms with E-state index in [1.807, 2.05) is 0 Å². The van der Waals surface area contributed by atoms with Gasteiger partial charge in [-0.05, 0) is 42.5 Å². The molecule has 0 spiro atoms. The minimum Gasteiger partial charge on any atom is -0.508 e. The molecule has 0 aliphatic carbocycles. The Kier molecular flexibility index (Phi) is 5.14. The number of phenols is 5. The molecule has 13 heteroatoms. The predicted molar refractivity (Wildman–Crippen MR) is 135 cm³/mol. The average Bonchev–Trinajstić information content (AvgIpc) is 3.51. The first kappa shape index (κ1) is 23.4. The molecule has 0 aliphatic heterocycles. The van der Waals surface area contributed by atoms with Crippen LogP contribution < -0.4 is 0 Å². The van der Waals surface area contributed by atoms with Crippen LogP contribution in [0.1, 0.15) is 26.3 Å². The van der Waals surface area contributed by atoms with Crippen LogP contribution in [0.4, 0.5) is 0 Å². The van der Waals surface area contributed by atoms with Crippen molar-refractivity contribution in [2.24, 2.45) is 0 Å². The van der Waals surface area contributed by atoms with Crippen molar-refractivity contribution >= 4 is 34.1 Å². The van der Waals surface area contributed by atoms with Crippen molar-refractivity contribution in [2.75, 3.05) is 0 Å². The van der Waals surface area contributed by atoms with E-state index < -0.39 is 23.0 Å². The molecule has 0 fully saturated rings. The van der Waals surface area contributed by atoms with Crippen LogP contribution in [0.5, 0.6) is 28.7 Å². The lowest BCUT2D eigenvalue weighted by molar-refractivity contribution is 0.103. The molecule has 6 rings (SSSR count). The van der Waals surface area contributed by atoms with Crippen LogP contribution in [-0.2, 0) is 0 Å². The number of hydrogen-bond donors (Lipinski definition) is 5. The normalized spacial score (nSPS) is 11.3. The van der Waals surface area contributed by atoms with Gasteiger partial charge in [0.2, 0.25) is 5.78 Å². The molecular weight excluding hydrogens is 508 g/mol. The third-order valence-corrected chi connectivity index (χ3v) is 6.01. The Morgan fingerprint density at radius 2 is 1.08 bits per heavy atom. The predicted octanol–water partition coefficient (Wildman–Crippen LogP) is 2.73. The second-order valence-electron chi connectivity index (χ2n) is 8.56. The molecule has 0 aliphatic rings. The number of fused-ring (bicyclic) bond motifs is 2. The summed E-state index contributed by atoms with van der Waals surface area (Å²) in [5, 5.41) is 67.9. The second kappa shape index (κ2) is 8.55. The van der Waals surface area contributed by atoms with E-state index >= 15 is 0 Å². The van der Waals surface area contributed by atoms with E-state index in [4.69, 9.17) is 0 Å². The number of ketones is 1. The first-order valence-corrected chi connectivity index (χ1v) is 11.3. The number of carbonyl (C=O) groups excluding carboxylic acids is 2. The number of aromatic hydroxyl groups is 5. The molecule has 0 radical (unpaired) electrons. The lowest BCUT2D eigenvalue weighted by atomic mass is 9.98. The fraction of sp³-hybridized carbons (Fsp3) is 0. The largest absolute Gasteiger partial charge is 0.508 e. The van der Waals surface area contributed by atoms with Crippen molar-refractivity contribution in [1.29, 1.82) is 0 Å². The van der Waals surface area contributed by atoms with Crippen molar-refractivity contribution in [3.05, 3.63) is 77.4 Å². The van der Waals surface area contributed by atoms with Gasteiger partial charge in [0.25, 0.3) is 0 Å². The first-order valence-electron chi connectivity index (χ1n) is 11.3. The zero-order valence-electron chi connectivity index (χ0n) is 19.6. The lowest BCUT2D eigenvalue weighted by Crippen LogP contribution is -2.09. The van der Waals surface area contributed by atoms with E-state index in [1.165, 1.54) is 42.5 Å². The number of hydrogen-bond acceptors (Lipinski definition) is 11. The van der Waals surface area contributed by atoms with Gasteiger partial charge in [0, 0.05) is 23.8 Å². The van der Waals surface area contributed by atoms with Crippen molar-refractivity contribution in [2.45, 2.75) is 0 Å². The summed E-state index contributed by atoms with van der Waals surface area (Å²) in [4.78, 5) is 27.4. The average molecular weight is 524 g/mol. The minimum absolute atomic E-state index is 0.0279.